The number of nitrogens with one attached hydrogen (secondary N) is 1. The van der Waals surface area contributed by atoms with Crippen LogP contribution in [0.2, 0.25) is 0 Å². The van der Waals surface area contributed by atoms with E-state index in [0.717, 1.165) is 61.8 Å². The van der Waals surface area contributed by atoms with Crippen LogP contribution in [0.3, 0.4) is 0 Å². The smallest absolute Gasteiger partial charge is 0.142 e. The van der Waals surface area contributed by atoms with E-state index in [1.807, 2.05) is 54.6 Å². The first-order valence-corrected chi connectivity index (χ1v) is 13.1. The summed E-state index contributed by atoms with van der Waals surface area (Å²) in [6.45, 7) is 9.25. The van der Waals surface area contributed by atoms with Crippen molar-refractivity contribution < 1.29 is 49.6 Å². The second-order valence-electron chi connectivity index (χ2n) is 9.68. The molecule has 1 saturated heterocycles. The summed E-state index contributed by atoms with van der Waals surface area (Å²) >= 11 is 0. The fourth-order valence-corrected chi connectivity index (χ4v) is 4.87. The van der Waals surface area contributed by atoms with Gasteiger partial charge in [-0.1, -0.05) is 54.6 Å². The summed E-state index contributed by atoms with van der Waals surface area (Å²) in [4.78, 5) is 4.10. The van der Waals surface area contributed by atoms with Gasteiger partial charge in [0.15, 0.2) is 0 Å². The third-order valence-electron chi connectivity index (χ3n) is 7.14. The van der Waals surface area contributed by atoms with Crippen molar-refractivity contribution in [3.63, 3.8) is 0 Å². The van der Waals surface area contributed by atoms with Gasteiger partial charge in [-0.3, -0.25) is 0 Å². The molecule has 0 aromatic heterocycles. The molecular weight excluding hydrogens is 521 g/mol. The Hall–Kier alpha value is -2.48. The summed E-state index contributed by atoms with van der Waals surface area (Å²) in [6, 6.07) is 26.4. The van der Waals surface area contributed by atoms with Gasteiger partial charge in [0.05, 0.1) is 52.1 Å². The Balaban J connectivity index is 0.00000253. The van der Waals surface area contributed by atoms with Crippen LogP contribution in [0.5, 0.6) is 11.5 Å². The van der Waals surface area contributed by atoms with E-state index in [1.165, 1.54) is 12.2 Å². The Labute approximate surface area is 239 Å². The number of halogens is 2. The molecule has 208 valence electrons. The van der Waals surface area contributed by atoms with Crippen LogP contribution in [0.4, 0.5) is 5.69 Å². The van der Waals surface area contributed by atoms with Crippen LogP contribution < -0.4 is 49.4 Å². The molecule has 2 unspecified atom stereocenters. The maximum atomic E-state index is 10.8. The van der Waals surface area contributed by atoms with Crippen molar-refractivity contribution >= 4 is 5.69 Å². The van der Waals surface area contributed by atoms with E-state index in [1.54, 1.807) is 12.0 Å². The minimum absolute atomic E-state index is 0. The van der Waals surface area contributed by atoms with Crippen molar-refractivity contribution in [2.24, 2.45) is 0 Å². The molecule has 1 heterocycles. The lowest BCUT2D eigenvalue weighted by molar-refractivity contribution is -0.902. The van der Waals surface area contributed by atoms with Gasteiger partial charge in [0.25, 0.3) is 0 Å². The number of aliphatic hydroxyl groups is 1. The van der Waals surface area contributed by atoms with Crippen molar-refractivity contribution in [2.45, 2.75) is 32.1 Å². The summed E-state index contributed by atoms with van der Waals surface area (Å²) in [6.07, 6.45) is 0.651. The third kappa shape index (κ3) is 9.07. The number of rotatable bonds is 12. The van der Waals surface area contributed by atoms with Crippen molar-refractivity contribution in [3.8, 4) is 11.5 Å². The molecule has 1 aliphatic rings. The number of benzene rings is 3. The average Bonchev–Trinajstić information content (AvgIpc) is 2.95. The zero-order chi connectivity index (χ0) is 25.2. The largest absolute Gasteiger partial charge is 1.00 e. The molecule has 0 saturated carbocycles. The van der Waals surface area contributed by atoms with Crippen molar-refractivity contribution in [3.05, 3.63) is 90.0 Å². The van der Waals surface area contributed by atoms with Crippen molar-refractivity contribution in [2.75, 3.05) is 51.3 Å². The monoisotopic (exact) mass is 561 g/mol. The van der Waals surface area contributed by atoms with Gasteiger partial charge < -0.3 is 54.5 Å². The Kier molecular flexibility index (Phi) is 13.8. The number of nitrogens with zero attached hydrogens (tertiary/aromatic N) is 1. The predicted molar refractivity (Wildman–Crippen MR) is 144 cm³/mol. The number of nitrogens with two attached hydrogens (primary N) is 1. The Bertz CT molecular complexity index is 1050. The van der Waals surface area contributed by atoms with E-state index in [0.29, 0.717) is 6.61 Å². The number of quaternary nitrogens is 2. The molecule has 4 rings (SSSR count). The second kappa shape index (κ2) is 16.5. The third-order valence-corrected chi connectivity index (χ3v) is 7.14. The minimum Gasteiger partial charge on any atom is -1.00 e. The molecule has 0 bridgehead atoms. The number of hydrogen-bond donors (Lipinski definition) is 3. The highest BCUT2D eigenvalue weighted by Crippen LogP contribution is 2.27. The molecule has 0 spiro atoms. The number of para-hydroxylation sites is 2. The number of piperazine rings is 1. The van der Waals surface area contributed by atoms with Gasteiger partial charge in [-0.25, -0.2) is 0 Å². The lowest BCUT2D eigenvalue weighted by Gasteiger charge is -2.34. The molecule has 3 aromatic carbocycles. The molecule has 0 aliphatic carbocycles. The SMILES string of the molecule is COc1ccccc1N1CC[NH+](CCC[NH2+]C(C)C(O)c2ccc(OCc3ccccc3)cc2)CC1.[Cl-].[Cl-]. The fourth-order valence-electron chi connectivity index (χ4n) is 4.87. The first kappa shape index (κ1) is 31.7. The molecule has 0 amide bonds. The zero-order valence-corrected chi connectivity index (χ0v) is 23.9. The molecule has 1 fully saturated rings. The maximum Gasteiger partial charge on any atom is 0.142 e. The summed E-state index contributed by atoms with van der Waals surface area (Å²) in [5.74, 6) is 1.78. The summed E-state index contributed by atoms with van der Waals surface area (Å²) in [5, 5.41) is 13.1. The first-order valence-electron chi connectivity index (χ1n) is 13.1. The zero-order valence-electron chi connectivity index (χ0n) is 22.4. The molecule has 8 heteroatoms. The number of aliphatic hydroxyl groups excluding tert-OH is 1. The minimum atomic E-state index is -0.495. The highest BCUT2D eigenvalue weighted by Gasteiger charge is 2.23. The van der Waals surface area contributed by atoms with Crippen LogP contribution in [0.1, 0.15) is 30.6 Å². The number of ether oxygens (including phenoxy) is 2. The van der Waals surface area contributed by atoms with E-state index in [4.69, 9.17) is 9.47 Å². The normalized spacial score (nSPS) is 15.1. The van der Waals surface area contributed by atoms with Crippen LogP contribution in [0, 0.1) is 0 Å². The summed E-state index contributed by atoms with van der Waals surface area (Å²) < 4.78 is 11.4. The lowest BCUT2D eigenvalue weighted by Crippen LogP contribution is -3.15. The Morgan fingerprint density at radius 3 is 2.26 bits per heavy atom. The van der Waals surface area contributed by atoms with Gasteiger partial charge >= 0.3 is 0 Å². The predicted octanol–water partition coefficient (Wildman–Crippen LogP) is -3.94. The van der Waals surface area contributed by atoms with Crippen LogP contribution in [-0.2, 0) is 6.61 Å². The topological polar surface area (TPSA) is 63.0 Å². The number of anilines is 1. The van der Waals surface area contributed by atoms with E-state index >= 15 is 0 Å². The molecule has 3 aromatic rings. The molecule has 6 nitrogen and oxygen atoms in total. The van der Waals surface area contributed by atoms with Crippen LogP contribution in [0.15, 0.2) is 78.9 Å². The first-order chi connectivity index (χ1) is 17.6. The van der Waals surface area contributed by atoms with Crippen molar-refractivity contribution in [1.29, 1.82) is 0 Å². The quantitative estimate of drug-likeness (QED) is 0.198. The maximum absolute atomic E-state index is 10.8. The molecule has 1 aliphatic heterocycles. The molecule has 4 N–H and O–H groups in total. The second-order valence-corrected chi connectivity index (χ2v) is 9.68. The van der Waals surface area contributed by atoms with Crippen molar-refractivity contribution in [1.82, 2.24) is 0 Å². The van der Waals surface area contributed by atoms with Gasteiger partial charge in [0.2, 0.25) is 0 Å². The van der Waals surface area contributed by atoms with Gasteiger partial charge in [0, 0.05) is 6.42 Å². The Morgan fingerprint density at radius 2 is 1.58 bits per heavy atom. The highest BCUT2D eigenvalue weighted by molar-refractivity contribution is 5.58. The van der Waals surface area contributed by atoms with E-state index in [9.17, 15) is 5.11 Å². The number of hydrogen-bond acceptors (Lipinski definition) is 4. The summed E-state index contributed by atoms with van der Waals surface area (Å²) in [5.41, 5.74) is 3.28. The summed E-state index contributed by atoms with van der Waals surface area (Å²) in [7, 11) is 1.74. The van der Waals surface area contributed by atoms with Gasteiger partial charge in [-0.15, -0.1) is 0 Å². The standard InChI is InChI=1S/C30H39N3O3.2ClH/c1-24(30(34)26-13-15-27(16-14-26)36-23-25-9-4-3-5-10-25)31-17-8-18-32-19-21-33(22-20-32)28-11-6-7-12-29(28)35-2;;/h3-7,9-16,24,30-31,34H,8,17-23H2,1-2H3;2*1H. The lowest BCUT2D eigenvalue weighted by atomic mass is 10.0. The fraction of sp³-hybridized carbons (Fsp3) is 0.400. The van der Waals surface area contributed by atoms with Gasteiger partial charge in [0.1, 0.15) is 30.3 Å². The highest BCUT2D eigenvalue weighted by atomic mass is 35.5. The van der Waals surface area contributed by atoms with Crippen LogP contribution in [0.25, 0.3) is 0 Å². The Morgan fingerprint density at radius 1 is 0.921 bits per heavy atom. The molecule has 2 atom stereocenters. The average molecular weight is 563 g/mol. The molecule has 38 heavy (non-hydrogen) atoms. The number of methoxy groups -OCH3 is 1. The van der Waals surface area contributed by atoms with E-state index < -0.39 is 6.10 Å². The van der Waals surface area contributed by atoms with Gasteiger partial charge in [-0.2, -0.15) is 0 Å². The van der Waals surface area contributed by atoms with E-state index in [2.05, 4.69) is 41.4 Å². The molecular formula is C30H41Cl2N3O3. The van der Waals surface area contributed by atoms with E-state index in [-0.39, 0.29) is 30.9 Å². The molecule has 0 radical (unpaired) electrons. The van der Waals surface area contributed by atoms with Crippen LogP contribution >= 0.6 is 0 Å². The van der Waals surface area contributed by atoms with Crippen LogP contribution in [-0.4, -0.2) is 57.5 Å². The van der Waals surface area contributed by atoms with Gasteiger partial charge in [-0.05, 0) is 42.3 Å².